The number of hydrogen-bond acceptors (Lipinski definition) is 7. The number of nitrogens with one attached hydrogen (secondary N) is 2. The summed E-state index contributed by atoms with van der Waals surface area (Å²) in [6.07, 6.45) is 0.207. The molecular weight excluding hydrogens is 462 g/mol. The van der Waals surface area contributed by atoms with Crippen LogP contribution in [0.5, 0.6) is 0 Å². The number of thiophene rings is 1. The van der Waals surface area contributed by atoms with E-state index in [1.165, 1.54) is 19.9 Å². The van der Waals surface area contributed by atoms with Crippen LogP contribution in [0.4, 0.5) is 19.6 Å². The smallest absolute Gasteiger partial charge is 0.251 e. The Balaban J connectivity index is 1.61. The Kier molecular flexibility index (Phi) is 6.68. The number of ether oxygens (including phenoxy) is 1. The van der Waals surface area contributed by atoms with Gasteiger partial charge in [-0.05, 0) is 56.2 Å². The number of nitrogens with two attached hydrogens (primary N) is 1. The van der Waals surface area contributed by atoms with Crippen molar-refractivity contribution in [2.45, 2.75) is 39.1 Å². The molecular formula is C24H26F2N4O3S. The Hall–Kier alpha value is -2.92. The molecule has 1 aliphatic heterocycles. The molecule has 3 aromatic rings. The normalized spacial score (nSPS) is 14.2. The predicted octanol–water partition coefficient (Wildman–Crippen LogP) is 3.96. The van der Waals surface area contributed by atoms with Crippen LogP contribution in [0.15, 0.2) is 30.3 Å². The second-order valence-electron chi connectivity index (χ2n) is 8.75. The third-order valence-electron chi connectivity index (χ3n) is 5.65. The maximum atomic E-state index is 14.8. The molecule has 1 aliphatic rings. The maximum absolute atomic E-state index is 14.8. The fourth-order valence-corrected chi connectivity index (χ4v) is 4.59. The highest BCUT2D eigenvalue weighted by molar-refractivity contribution is 7.20. The van der Waals surface area contributed by atoms with Crippen LogP contribution in [0.25, 0.3) is 10.4 Å². The number of benzene rings is 1. The fraction of sp³-hybridized carbons (Fsp3) is 0.333. The van der Waals surface area contributed by atoms with Crippen molar-refractivity contribution < 1.29 is 23.4 Å². The summed E-state index contributed by atoms with van der Waals surface area (Å²) in [6, 6.07) is 7.14. The Bertz CT molecular complexity index is 1210. The molecule has 0 saturated carbocycles. The van der Waals surface area contributed by atoms with Crippen molar-refractivity contribution in [2.75, 3.05) is 18.4 Å². The summed E-state index contributed by atoms with van der Waals surface area (Å²) in [5.41, 5.74) is 5.72. The van der Waals surface area contributed by atoms with Gasteiger partial charge in [0.2, 0.25) is 0 Å². The lowest BCUT2D eigenvalue weighted by atomic mass is 9.96. The third-order valence-corrected chi connectivity index (χ3v) is 6.72. The van der Waals surface area contributed by atoms with Crippen molar-refractivity contribution in [3.05, 3.63) is 64.4 Å². The highest BCUT2D eigenvalue weighted by atomic mass is 32.1. The molecule has 0 unspecified atom stereocenters. The number of hydrogen-bond donors (Lipinski definition) is 4. The lowest BCUT2D eigenvalue weighted by molar-refractivity contribution is 0.00725. The van der Waals surface area contributed by atoms with Crippen molar-refractivity contribution >= 4 is 28.1 Å². The molecule has 1 fully saturated rings. The number of nitrogens with zero attached hydrogens (tertiary/aromatic N) is 1. The van der Waals surface area contributed by atoms with Crippen LogP contribution < -0.4 is 16.4 Å². The molecule has 3 heterocycles. The average Bonchev–Trinajstić information content (AvgIpc) is 3.10. The molecule has 0 spiro atoms. The van der Waals surface area contributed by atoms with Gasteiger partial charge < -0.3 is 26.2 Å². The first-order chi connectivity index (χ1) is 16.0. The van der Waals surface area contributed by atoms with Gasteiger partial charge in [0.25, 0.3) is 5.91 Å². The van der Waals surface area contributed by atoms with Gasteiger partial charge in [-0.1, -0.05) is 6.07 Å². The van der Waals surface area contributed by atoms with Crippen LogP contribution in [0.3, 0.4) is 0 Å². The summed E-state index contributed by atoms with van der Waals surface area (Å²) in [4.78, 5) is 16.7. The molecule has 1 aromatic carbocycles. The zero-order valence-corrected chi connectivity index (χ0v) is 19.9. The summed E-state index contributed by atoms with van der Waals surface area (Å²) >= 11 is 0.986. The topological polar surface area (TPSA) is 110 Å². The van der Waals surface area contributed by atoms with E-state index in [-0.39, 0.29) is 27.7 Å². The number of aliphatic hydroxyl groups is 1. The van der Waals surface area contributed by atoms with Gasteiger partial charge in [0.05, 0.1) is 29.4 Å². The summed E-state index contributed by atoms with van der Waals surface area (Å²) in [7, 11) is 0. The minimum absolute atomic E-state index is 0.0923. The first-order valence-corrected chi connectivity index (χ1v) is 11.6. The number of rotatable bonds is 8. The van der Waals surface area contributed by atoms with E-state index in [1.807, 2.05) is 13.0 Å². The maximum Gasteiger partial charge on any atom is 0.251 e. The lowest BCUT2D eigenvalue weighted by Gasteiger charge is -2.27. The van der Waals surface area contributed by atoms with Crippen LogP contribution >= 0.6 is 11.3 Å². The fourth-order valence-electron chi connectivity index (χ4n) is 3.47. The standard InChI is InChI=1S/C24H26F2N4O3S/c1-12-13(11-33-15-9-28-10-15)4-5-20(29-12)30-23-16(22(27)31)8-19(34-23)21-17(25)6-14(7-18(21)26)24(2,3)32/h4-8,15,28,32H,9-11H2,1-3H3,(H2,27,31)(H,29,30). The first-order valence-electron chi connectivity index (χ1n) is 10.7. The molecule has 0 aliphatic carbocycles. The number of carbonyl (C=O) groups excluding carboxylic acids is 1. The molecule has 0 radical (unpaired) electrons. The second-order valence-corrected chi connectivity index (χ2v) is 9.80. The minimum Gasteiger partial charge on any atom is -0.386 e. The van der Waals surface area contributed by atoms with Crippen LogP contribution in [0.2, 0.25) is 0 Å². The Morgan fingerprint density at radius 2 is 1.97 bits per heavy atom. The van der Waals surface area contributed by atoms with E-state index in [9.17, 15) is 18.7 Å². The Morgan fingerprint density at radius 1 is 1.29 bits per heavy atom. The summed E-state index contributed by atoms with van der Waals surface area (Å²) in [5.74, 6) is -1.97. The number of halogens is 2. The minimum atomic E-state index is -1.41. The zero-order chi connectivity index (χ0) is 24.6. The zero-order valence-electron chi connectivity index (χ0n) is 19.0. The van der Waals surface area contributed by atoms with E-state index in [4.69, 9.17) is 10.5 Å². The average molecular weight is 489 g/mol. The number of anilines is 2. The van der Waals surface area contributed by atoms with Gasteiger partial charge in [0, 0.05) is 23.7 Å². The molecule has 34 heavy (non-hydrogen) atoms. The number of primary amides is 1. The van der Waals surface area contributed by atoms with Crippen LogP contribution in [0, 0.1) is 18.6 Å². The van der Waals surface area contributed by atoms with Gasteiger partial charge >= 0.3 is 0 Å². The third kappa shape index (κ3) is 5.10. The van der Waals surface area contributed by atoms with Crippen LogP contribution in [-0.2, 0) is 16.9 Å². The van der Waals surface area contributed by atoms with Gasteiger partial charge in [0.1, 0.15) is 22.5 Å². The van der Waals surface area contributed by atoms with Gasteiger partial charge in [0.15, 0.2) is 0 Å². The molecule has 2 aromatic heterocycles. The largest absolute Gasteiger partial charge is 0.386 e. The van der Waals surface area contributed by atoms with Crippen molar-refractivity contribution in [1.82, 2.24) is 10.3 Å². The van der Waals surface area contributed by atoms with Crippen LogP contribution in [0.1, 0.15) is 41.0 Å². The lowest BCUT2D eigenvalue weighted by Crippen LogP contribution is -2.48. The van der Waals surface area contributed by atoms with Gasteiger partial charge in [-0.15, -0.1) is 11.3 Å². The Morgan fingerprint density at radius 3 is 2.50 bits per heavy atom. The van der Waals surface area contributed by atoms with E-state index < -0.39 is 23.1 Å². The number of aryl methyl sites for hydroxylation is 1. The number of pyridine rings is 1. The first kappa shape index (κ1) is 24.2. The number of carbonyl (C=O) groups is 1. The van der Waals surface area contributed by atoms with Gasteiger partial charge in [-0.2, -0.15) is 0 Å². The van der Waals surface area contributed by atoms with E-state index in [0.29, 0.717) is 17.4 Å². The molecule has 180 valence electrons. The van der Waals surface area contributed by atoms with Gasteiger partial charge in [-0.25, -0.2) is 13.8 Å². The van der Waals surface area contributed by atoms with E-state index in [2.05, 4.69) is 15.6 Å². The number of amides is 1. The molecule has 0 atom stereocenters. The summed E-state index contributed by atoms with van der Waals surface area (Å²) < 4.78 is 35.5. The highest BCUT2D eigenvalue weighted by Crippen LogP contribution is 2.40. The molecule has 5 N–H and O–H groups in total. The van der Waals surface area contributed by atoms with Crippen molar-refractivity contribution in [3.63, 3.8) is 0 Å². The second kappa shape index (κ2) is 9.38. The van der Waals surface area contributed by atoms with Crippen molar-refractivity contribution in [2.24, 2.45) is 5.73 Å². The highest BCUT2D eigenvalue weighted by Gasteiger charge is 2.24. The molecule has 0 bridgehead atoms. The quantitative estimate of drug-likeness (QED) is 0.382. The number of aromatic nitrogens is 1. The summed E-state index contributed by atoms with van der Waals surface area (Å²) in [5, 5.41) is 16.6. The van der Waals surface area contributed by atoms with E-state index >= 15 is 0 Å². The molecule has 1 amide bonds. The summed E-state index contributed by atoms with van der Waals surface area (Å²) in [6.45, 7) is 6.86. The molecule has 1 saturated heterocycles. The molecule has 7 nitrogen and oxygen atoms in total. The monoisotopic (exact) mass is 488 g/mol. The van der Waals surface area contributed by atoms with Crippen molar-refractivity contribution in [3.8, 4) is 10.4 Å². The Labute approximate surface area is 200 Å². The molecule has 10 heteroatoms. The molecule has 4 rings (SSSR count). The predicted molar refractivity (Wildman–Crippen MR) is 127 cm³/mol. The SMILES string of the molecule is Cc1nc(Nc2sc(-c3c(F)cc(C(C)(C)O)cc3F)cc2C(N)=O)ccc1COC1CNC1. The van der Waals surface area contributed by atoms with Gasteiger partial charge in [-0.3, -0.25) is 4.79 Å². The van der Waals surface area contributed by atoms with E-state index in [0.717, 1.165) is 47.8 Å². The van der Waals surface area contributed by atoms with Crippen molar-refractivity contribution in [1.29, 1.82) is 0 Å². The van der Waals surface area contributed by atoms with Crippen LogP contribution in [-0.4, -0.2) is 35.2 Å². The van der Waals surface area contributed by atoms with E-state index in [1.54, 1.807) is 6.07 Å².